The molecule has 0 bridgehead atoms. The molecular weight excluding hydrogens is 391 g/mol. The smallest absolute Gasteiger partial charge is 0.417 e. The Morgan fingerprint density at radius 1 is 1.11 bits per heavy atom. The Morgan fingerprint density at radius 3 is 2.21 bits per heavy atom. The van der Waals surface area contributed by atoms with Gasteiger partial charge in [0, 0.05) is 11.4 Å². The van der Waals surface area contributed by atoms with Gasteiger partial charge in [-0.2, -0.15) is 18.4 Å². The molecule has 2 N–H and O–H groups in total. The van der Waals surface area contributed by atoms with Gasteiger partial charge in [-0.3, -0.25) is 4.90 Å². The van der Waals surface area contributed by atoms with Crippen LogP contribution in [0.25, 0.3) is 0 Å². The number of phenolic OH excluding ortho intramolecular Hbond substituents is 1. The summed E-state index contributed by atoms with van der Waals surface area (Å²) >= 11 is 5.47. The van der Waals surface area contributed by atoms with Gasteiger partial charge in [0.15, 0.2) is 11.3 Å². The normalized spacial score (nSPS) is 19.0. The van der Waals surface area contributed by atoms with Crippen molar-refractivity contribution in [3.63, 3.8) is 0 Å². The molecule has 5 nitrogen and oxygen atoms in total. The van der Waals surface area contributed by atoms with Crippen LogP contribution in [-0.2, 0) is 6.18 Å². The number of alkyl halides is 3. The highest BCUT2D eigenvalue weighted by Gasteiger charge is 2.50. The van der Waals surface area contributed by atoms with Crippen LogP contribution in [-0.4, -0.2) is 27.1 Å². The molecule has 2 aromatic carbocycles. The molecule has 0 saturated carbocycles. The van der Waals surface area contributed by atoms with Crippen molar-refractivity contribution in [3.05, 3.63) is 53.6 Å². The number of phenols is 1. The van der Waals surface area contributed by atoms with Crippen molar-refractivity contribution >= 4 is 28.7 Å². The summed E-state index contributed by atoms with van der Waals surface area (Å²) in [6, 6.07) is 10.8. The second-order valence-corrected chi connectivity index (χ2v) is 7.24. The van der Waals surface area contributed by atoms with Crippen molar-refractivity contribution in [1.29, 1.82) is 5.26 Å². The molecule has 0 amide bonds. The van der Waals surface area contributed by atoms with Crippen molar-refractivity contribution in [3.8, 4) is 11.8 Å². The van der Waals surface area contributed by atoms with Crippen molar-refractivity contribution in [2.75, 3.05) is 9.80 Å². The Hall–Kier alpha value is -2.83. The molecule has 1 saturated heterocycles. The highest BCUT2D eigenvalue weighted by Crippen LogP contribution is 2.41. The zero-order chi connectivity index (χ0) is 20.9. The number of thiocarbonyl (C=S) groups is 1. The Kier molecular flexibility index (Phi) is 4.73. The first kappa shape index (κ1) is 19.9. The third-order valence-corrected chi connectivity index (χ3v) is 5.04. The molecule has 2 aromatic rings. The topological polar surface area (TPSA) is 70.7 Å². The van der Waals surface area contributed by atoms with Crippen molar-refractivity contribution in [2.24, 2.45) is 0 Å². The molecule has 1 aliphatic rings. The van der Waals surface area contributed by atoms with Crippen LogP contribution in [0.3, 0.4) is 0 Å². The van der Waals surface area contributed by atoms with Crippen LogP contribution in [0.15, 0.2) is 42.5 Å². The Balaban J connectivity index is 2.10. The van der Waals surface area contributed by atoms with Crippen LogP contribution in [0.1, 0.15) is 25.0 Å². The number of anilines is 2. The molecule has 0 aliphatic carbocycles. The molecule has 28 heavy (non-hydrogen) atoms. The van der Waals surface area contributed by atoms with Crippen LogP contribution in [0, 0.1) is 11.3 Å². The lowest BCUT2D eigenvalue weighted by Crippen LogP contribution is -2.47. The number of aromatic hydroxyl groups is 1. The first-order valence-electron chi connectivity index (χ1n) is 8.20. The number of hydrogen-bond donors (Lipinski definition) is 2. The standard InChI is InChI=1S/C19H16F3N3O2S/c1-18(2)16(27)24(17(28)25(18)12-5-7-14(26)8-6-12)13-4-3-11(10-23)15(9-13)19(20,21)22/h3-9,16,26-27H,1-2H3. The van der Waals surface area contributed by atoms with E-state index in [0.29, 0.717) is 5.69 Å². The van der Waals surface area contributed by atoms with Crippen LogP contribution in [0.2, 0.25) is 0 Å². The molecule has 1 fully saturated rings. The number of aliphatic hydroxyl groups is 1. The van der Waals surface area contributed by atoms with Gasteiger partial charge in [-0.15, -0.1) is 0 Å². The monoisotopic (exact) mass is 407 g/mol. The number of benzene rings is 2. The molecule has 0 spiro atoms. The van der Waals surface area contributed by atoms with Crippen molar-refractivity contribution < 1.29 is 23.4 Å². The third kappa shape index (κ3) is 3.15. The molecule has 0 aromatic heterocycles. The molecule has 1 atom stereocenters. The summed E-state index contributed by atoms with van der Waals surface area (Å²) in [7, 11) is 0. The Morgan fingerprint density at radius 2 is 1.68 bits per heavy atom. The molecule has 146 valence electrons. The highest BCUT2D eigenvalue weighted by molar-refractivity contribution is 7.80. The summed E-state index contributed by atoms with van der Waals surface area (Å²) in [5.41, 5.74) is -1.98. The molecule has 9 heteroatoms. The van der Waals surface area contributed by atoms with Crippen LogP contribution in [0.4, 0.5) is 24.5 Å². The zero-order valence-corrected chi connectivity index (χ0v) is 15.7. The molecule has 1 unspecified atom stereocenters. The second-order valence-electron chi connectivity index (χ2n) is 6.87. The van der Waals surface area contributed by atoms with Gasteiger partial charge in [-0.05, 0) is 68.5 Å². The lowest BCUT2D eigenvalue weighted by Gasteiger charge is -2.33. The van der Waals surface area contributed by atoms with E-state index in [-0.39, 0.29) is 16.5 Å². The summed E-state index contributed by atoms with van der Waals surface area (Å²) < 4.78 is 40.0. The van der Waals surface area contributed by atoms with E-state index in [9.17, 15) is 23.4 Å². The van der Waals surface area contributed by atoms with E-state index in [1.807, 2.05) is 0 Å². The van der Waals surface area contributed by atoms with Gasteiger partial charge in [0.1, 0.15) is 5.75 Å². The minimum Gasteiger partial charge on any atom is -0.508 e. The first-order chi connectivity index (χ1) is 13.0. The predicted octanol–water partition coefficient (Wildman–Crippen LogP) is 3.99. The SMILES string of the molecule is CC1(C)C(O)N(c2ccc(C#N)c(C(F)(F)F)c2)C(=S)N1c1ccc(O)cc1. The van der Waals surface area contributed by atoms with E-state index in [4.69, 9.17) is 17.5 Å². The zero-order valence-electron chi connectivity index (χ0n) is 14.9. The van der Waals surface area contributed by atoms with Gasteiger partial charge in [-0.1, -0.05) is 0 Å². The molecule has 3 rings (SSSR count). The fourth-order valence-corrected chi connectivity index (χ4v) is 3.75. The number of nitrogens with zero attached hydrogens (tertiary/aromatic N) is 3. The predicted molar refractivity (Wildman–Crippen MR) is 102 cm³/mol. The van der Waals surface area contributed by atoms with Gasteiger partial charge in [-0.25, -0.2) is 0 Å². The number of hydrogen-bond acceptors (Lipinski definition) is 4. The largest absolute Gasteiger partial charge is 0.508 e. The van der Waals surface area contributed by atoms with Gasteiger partial charge >= 0.3 is 6.18 Å². The lowest BCUT2D eigenvalue weighted by molar-refractivity contribution is -0.137. The second kappa shape index (κ2) is 6.65. The molecular formula is C19H16F3N3O2S. The van der Waals surface area contributed by atoms with Crippen LogP contribution in [0.5, 0.6) is 5.75 Å². The van der Waals surface area contributed by atoms with Gasteiger partial charge < -0.3 is 15.1 Å². The van der Waals surface area contributed by atoms with Crippen LogP contribution < -0.4 is 9.80 Å². The summed E-state index contributed by atoms with van der Waals surface area (Å²) in [6.45, 7) is 3.40. The summed E-state index contributed by atoms with van der Waals surface area (Å²) in [4.78, 5) is 2.83. The first-order valence-corrected chi connectivity index (χ1v) is 8.61. The van der Waals surface area contributed by atoms with Gasteiger partial charge in [0.2, 0.25) is 0 Å². The molecule has 1 aliphatic heterocycles. The minimum absolute atomic E-state index is 0.0261. The van der Waals surface area contributed by atoms with Crippen molar-refractivity contribution in [1.82, 2.24) is 0 Å². The van der Waals surface area contributed by atoms with E-state index in [1.54, 1.807) is 30.9 Å². The van der Waals surface area contributed by atoms with E-state index < -0.39 is 29.1 Å². The van der Waals surface area contributed by atoms with Gasteiger partial charge in [0.05, 0.1) is 22.7 Å². The van der Waals surface area contributed by atoms with Crippen molar-refractivity contribution in [2.45, 2.75) is 31.8 Å². The summed E-state index contributed by atoms with van der Waals surface area (Å²) in [5.74, 6) is 0.0472. The van der Waals surface area contributed by atoms with E-state index in [1.165, 1.54) is 29.2 Å². The summed E-state index contributed by atoms with van der Waals surface area (Å²) in [5, 5.41) is 29.4. The maximum atomic E-state index is 13.3. The number of aliphatic hydroxyl groups excluding tert-OH is 1. The number of nitriles is 1. The molecule has 0 radical (unpaired) electrons. The van der Waals surface area contributed by atoms with E-state index >= 15 is 0 Å². The number of halogens is 3. The fraction of sp³-hybridized carbons (Fsp3) is 0.263. The number of rotatable bonds is 2. The average molecular weight is 407 g/mol. The van der Waals surface area contributed by atoms with E-state index in [0.717, 1.165) is 12.1 Å². The summed E-state index contributed by atoms with van der Waals surface area (Å²) in [6.07, 6.45) is -5.97. The lowest BCUT2D eigenvalue weighted by atomic mass is 10.0. The average Bonchev–Trinajstić information content (AvgIpc) is 2.79. The maximum absolute atomic E-state index is 13.3. The third-order valence-electron chi connectivity index (χ3n) is 4.67. The Bertz CT molecular complexity index is 968. The maximum Gasteiger partial charge on any atom is 0.417 e. The minimum atomic E-state index is -4.72. The van der Waals surface area contributed by atoms with Gasteiger partial charge in [0.25, 0.3) is 0 Å². The highest BCUT2D eigenvalue weighted by atomic mass is 32.1. The van der Waals surface area contributed by atoms with Crippen LogP contribution >= 0.6 is 12.2 Å². The molecule has 1 heterocycles. The Labute approximate surface area is 164 Å². The quantitative estimate of drug-likeness (QED) is 0.734. The van der Waals surface area contributed by atoms with E-state index in [2.05, 4.69) is 0 Å². The fourth-order valence-electron chi connectivity index (χ4n) is 3.20.